The Morgan fingerprint density at radius 1 is 1.44 bits per heavy atom. The first-order chi connectivity index (χ1) is 8.54. The lowest BCUT2D eigenvalue weighted by molar-refractivity contribution is -0.144. The minimum atomic E-state index is -1.53. The number of phenolic OH excluding ortho intramolecular Hbond substituents is 2. The van der Waals surface area contributed by atoms with E-state index in [4.69, 9.17) is 4.74 Å². The molecular weight excluding hydrogens is 242 g/mol. The van der Waals surface area contributed by atoms with Crippen LogP contribution in [0.1, 0.15) is 12.5 Å². The molecule has 0 spiro atoms. The summed E-state index contributed by atoms with van der Waals surface area (Å²) < 4.78 is 9.64. The van der Waals surface area contributed by atoms with Gasteiger partial charge in [0.2, 0.25) is 0 Å². The third kappa shape index (κ3) is 2.75. The predicted molar refractivity (Wildman–Crippen MR) is 61.4 cm³/mol. The Bertz CT molecular complexity index is 459. The van der Waals surface area contributed by atoms with E-state index < -0.39 is 12.2 Å². The maximum Gasteiger partial charge on any atom is 0.354 e. The minimum absolute atomic E-state index is 0.0755. The van der Waals surface area contributed by atoms with Crippen molar-refractivity contribution in [1.29, 1.82) is 0 Å². The van der Waals surface area contributed by atoms with Crippen LogP contribution in [0.2, 0.25) is 0 Å². The van der Waals surface area contributed by atoms with E-state index in [1.165, 1.54) is 12.1 Å². The van der Waals surface area contributed by atoms with E-state index >= 15 is 0 Å². The monoisotopic (exact) mass is 255 g/mol. The first-order valence-corrected chi connectivity index (χ1v) is 5.15. The number of aromatic hydroxyl groups is 2. The van der Waals surface area contributed by atoms with Gasteiger partial charge in [0.15, 0.2) is 11.5 Å². The number of hydrogen-bond acceptors (Lipinski definition) is 6. The molecule has 1 amide bonds. The number of carbonyl (C=O) groups is 1. The number of nitroso groups, excluding NO2 is 1. The molecule has 0 bridgehead atoms. The van der Waals surface area contributed by atoms with Gasteiger partial charge < -0.3 is 19.7 Å². The number of carbonyl (C=O) groups excluding carboxylic acids is 1. The third-order valence-corrected chi connectivity index (χ3v) is 2.31. The minimum Gasteiger partial charge on any atom is -0.508 e. The second kappa shape index (κ2) is 5.97. The van der Waals surface area contributed by atoms with Crippen LogP contribution in [-0.4, -0.2) is 29.5 Å². The Balaban J connectivity index is 3.04. The van der Waals surface area contributed by atoms with Gasteiger partial charge in [0.25, 0.3) is 6.29 Å². The molecule has 0 heterocycles. The van der Waals surface area contributed by atoms with Crippen molar-refractivity contribution in [3.05, 3.63) is 22.6 Å². The van der Waals surface area contributed by atoms with E-state index in [-0.39, 0.29) is 22.8 Å². The van der Waals surface area contributed by atoms with E-state index in [2.05, 4.69) is 9.91 Å². The number of ether oxygens (including phenoxy) is 2. The summed E-state index contributed by atoms with van der Waals surface area (Å²) in [6.07, 6.45) is -1.16. The van der Waals surface area contributed by atoms with Crippen molar-refractivity contribution < 1.29 is 24.5 Å². The summed E-state index contributed by atoms with van der Waals surface area (Å²) in [6.45, 7) is 1.73. The smallest absolute Gasteiger partial charge is 0.354 e. The van der Waals surface area contributed by atoms with Crippen LogP contribution in [0.25, 0.3) is 0 Å². The van der Waals surface area contributed by atoms with Gasteiger partial charge in [-0.3, -0.25) is 4.79 Å². The molecule has 0 aliphatic rings. The van der Waals surface area contributed by atoms with Crippen LogP contribution in [0.15, 0.2) is 17.3 Å². The first-order valence-electron chi connectivity index (χ1n) is 5.15. The average molecular weight is 255 g/mol. The van der Waals surface area contributed by atoms with Crippen molar-refractivity contribution >= 4 is 5.91 Å². The largest absolute Gasteiger partial charge is 0.508 e. The molecule has 1 atom stereocenters. The number of rotatable bonds is 5. The third-order valence-electron chi connectivity index (χ3n) is 2.31. The molecule has 0 radical (unpaired) electrons. The maximum absolute atomic E-state index is 11.0. The predicted octanol–water partition coefficient (Wildman–Crippen LogP) is 1.30. The number of hydrogen-bond donors (Lipinski definition) is 2. The first kappa shape index (κ1) is 13.9. The van der Waals surface area contributed by atoms with Gasteiger partial charge in [-0.2, -0.15) is 0 Å². The summed E-state index contributed by atoms with van der Waals surface area (Å²) in [5.74, 6) is -1.62. The Morgan fingerprint density at radius 3 is 2.61 bits per heavy atom. The topological polar surface area (TPSA) is 105 Å². The van der Waals surface area contributed by atoms with E-state index in [9.17, 15) is 19.9 Å². The fourth-order valence-corrected chi connectivity index (χ4v) is 1.41. The Morgan fingerprint density at radius 2 is 2.11 bits per heavy atom. The highest BCUT2D eigenvalue weighted by Crippen LogP contribution is 2.36. The van der Waals surface area contributed by atoms with E-state index in [1.807, 2.05) is 0 Å². The molecule has 98 valence electrons. The summed E-state index contributed by atoms with van der Waals surface area (Å²) in [7, 11) is 1.16. The van der Waals surface area contributed by atoms with Gasteiger partial charge >= 0.3 is 5.91 Å². The number of phenols is 2. The molecule has 18 heavy (non-hydrogen) atoms. The normalized spacial score (nSPS) is 11.9. The molecule has 1 aromatic rings. The molecule has 7 heteroatoms. The summed E-state index contributed by atoms with van der Waals surface area (Å²) >= 11 is 0. The van der Waals surface area contributed by atoms with Crippen LogP contribution in [0, 0.1) is 4.91 Å². The number of methoxy groups -OCH3 is 1. The Labute approximate surface area is 103 Å². The molecule has 1 rings (SSSR count). The van der Waals surface area contributed by atoms with E-state index in [1.54, 1.807) is 6.92 Å². The highest BCUT2D eigenvalue weighted by atomic mass is 16.7. The quantitative estimate of drug-likeness (QED) is 0.607. The highest BCUT2D eigenvalue weighted by molar-refractivity contribution is 5.80. The lowest BCUT2D eigenvalue weighted by Crippen LogP contribution is -2.27. The SMILES string of the molecule is CCc1c(O)ccc(OC(OC)C(=O)N=O)c1O. The lowest BCUT2D eigenvalue weighted by atomic mass is 10.1. The van der Waals surface area contributed by atoms with E-state index in [0.29, 0.717) is 6.42 Å². The van der Waals surface area contributed by atoms with Crippen molar-refractivity contribution in [2.24, 2.45) is 5.18 Å². The van der Waals surface area contributed by atoms with E-state index in [0.717, 1.165) is 7.11 Å². The van der Waals surface area contributed by atoms with Gasteiger partial charge in [-0.25, -0.2) is 0 Å². The zero-order valence-electron chi connectivity index (χ0n) is 9.91. The van der Waals surface area contributed by atoms with Crippen LogP contribution < -0.4 is 4.74 Å². The molecule has 7 nitrogen and oxygen atoms in total. The molecule has 2 N–H and O–H groups in total. The van der Waals surface area contributed by atoms with Crippen LogP contribution in [0.3, 0.4) is 0 Å². The fourth-order valence-electron chi connectivity index (χ4n) is 1.41. The summed E-state index contributed by atoms with van der Waals surface area (Å²) in [6, 6.07) is 2.56. The van der Waals surface area contributed by atoms with Gasteiger partial charge in [-0.05, 0) is 18.6 Å². The lowest BCUT2D eigenvalue weighted by Gasteiger charge is -2.15. The molecule has 0 saturated carbocycles. The van der Waals surface area contributed by atoms with Crippen LogP contribution in [-0.2, 0) is 16.0 Å². The van der Waals surface area contributed by atoms with Crippen molar-refractivity contribution in [2.75, 3.05) is 7.11 Å². The standard InChI is InChI=1S/C11H13NO6/c1-3-6-7(13)4-5-8(9(6)14)18-11(17-2)10(15)12-16/h4-5,11,13-14H,3H2,1-2H3. The van der Waals surface area contributed by atoms with Gasteiger partial charge in [0.05, 0.1) is 0 Å². The molecule has 1 aromatic carbocycles. The van der Waals surface area contributed by atoms with Gasteiger partial charge in [0.1, 0.15) is 5.75 Å². The maximum atomic E-state index is 11.0. The van der Waals surface area contributed by atoms with Crippen LogP contribution in [0.4, 0.5) is 0 Å². The van der Waals surface area contributed by atoms with Crippen LogP contribution in [0.5, 0.6) is 17.2 Å². The highest BCUT2D eigenvalue weighted by Gasteiger charge is 2.23. The second-order valence-electron chi connectivity index (χ2n) is 3.38. The number of nitrogens with zero attached hydrogens (tertiary/aromatic N) is 1. The van der Waals surface area contributed by atoms with Gasteiger partial charge in [0, 0.05) is 17.9 Å². The van der Waals surface area contributed by atoms with Crippen molar-refractivity contribution in [3.8, 4) is 17.2 Å². The second-order valence-corrected chi connectivity index (χ2v) is 3.38. The summed E-state index contributed by atoms with van der Waals surface area (Å²) in [5.41, 5.74) is 0.272. The fraction of sp³-hybridized carbons (Fsp3) is 0.364. The Hall–Kier alpha value is -2.15. The molecule has 1 unspecified atom stereocenters. The molecular formula is C11H13NO6. The number of benzene rings is 1. The zero-order chi connectivity index (χ0) is 13.7. The Kier molecular flexibility index (Phi) is 4.61. The van der Waals surface area contributed by atoms with Crippen molar-refractivity contribution in [1.82, 2.24) is 0 Å². The zero-order valence-corrected chi connectivity index (χ0v) is 9.91. The van der Waals surface area contributed by atoms with Gasteiger partial charge in [-0.1, -0.05) is 6.92 Å². The number of amides is 1. The molecule has 0 aliphatic heterocycles. The molecule has 0 fully saturated rings. The van der Waals surface area contributed by atoms with Crippen molar-refractivity contribution in [2.45, 2.75) is 19.6 Å². The van der Waals surface area contributed by atoms with Crippen LogP contribution >= 0.6 is 0 Å². The molecule has 0 aromatic heterocycles. The van der Waals surface area contributed by atoms with Gasteiger partial charge in [-0.15, -0.1) is 4.91 Å². The summed E-state index contributed by atoms with van der Waals surface area (Å²) in [5, 5.41) is 21.5. The molecule has 0 aliphatic carbocycles. The molecule has 0 saturated heterocycles. The van der Waals surface area contributed by atoms with Crippen molar-refractivity contribution in [3.63, 3.8) is 0 Å². The summed E-state index contributed by atoms with van der Waals surface area (Å²) in [4.78, 5) is 21.1. The average Bonchev–Trinajstić information content (AvgIpc) is 2.38.